The number of rotatable bonds is 9. The fourth-order valence-electron chi connectivity index (χ4n) is 1.07. The Hall–Kier alpha value is -0.250. The van der Waals surface area contributed by atoms with Crippen LogP contribution in [0.25, 0.3) is 0 Å². The Balaban J connectivity index is 4.56. The molecule has 0 aliphatic carbocycles. The smallest absolute Gasteiger partial charge is 0.269 e. The zero-order valence-electron chi connectivity index (χ0n) is 12.4. The second kappa shape index (κ2) is 7.15. The first kappa shape index (κ1) is 19.8. The molecule has 0 fully saturated rings. The van der Waals surface area contributed by atoms with Gasteiger partial charge in [0.2, 0.25) is 0 Å². The highest BCUT2D eigenvalue weighted by Gasteiger charge is 2.33. The van der Waals surface area contributed by atoms with E-state index in [2.05, 4.69) is 4.18 Å². The largest absolute Gasteiger partial charge is 0.396 e. The maximum Gasteiger partial charge on any atom is 0.269 e. The Labute approximate surface area is 120 Å². The molecule has 4 N–H and O–H groups in total. The van der Waals surface area contributed by atoms with Crippen molar-refractivity contribution in [2.24, 2.45) is 10.8 Å². The molecule has 0 aromatic rings. The van der Waals surface area contributed by atoms with Crippen molar-refractivity contribution in [2.45, 2.75) is 39.9 Å². The van der Waals surface area contributed by atoms with E-state index < -0.39 is 45.5 Å². The summed E-state index contributed by atoms with van der Waals surface area (Å²) in [5.74, 6) is -0.674. The Morgan fingerprint density at radius 3 is 1.75 bits per heavy atom. The number of aliphatic hydroxyl groups is 4. The molecule has 20 heavy (non-hydrogen) atoms. The van der Waals surface area contributed by atoms with Crippen molar-refractivity contribution in [3.05, 3.63) is 0 Å². The first-order valence-corrected chi connectivity index (χ1v) is 7.90. The second-order valence-electron chi connectivity index (χ2n) is 6.33. The average molecular weight is 314 g/mol. The lowest BCUT2D eigenvalue weighted by molar-refractivity contribution is -0.0192. The minimum absolute atomic E-state index is 0.322. The monoisotopic (exact) mass is 314 g/mol. The molecule has 0 amide bonds. The molecular weight excluding hydrogens is 288 g/mol. The van der Waals surface area contributed by atoms with Gasteiger partial charge in [0.15, 0.2) is 0 Å². The summed E-state index contributed by atoms with van der Waals surface area (Å²) in [5.41, 5.74) is -1.86. The van der Waals surface area contributed by atoms with Crippen molar-refractivity contribution in [2.75, 3.05) is 25.6 Å². The third kappa shape index (κ3) is 6.02. The molecule has 0 radical (unpaired) electrons. The van der Waals surface area contributed by atoms with Crippen LogP contribution in [0.2, 0.25) is 0 Å². The van der Waals surface area contributed by atoms with E-state index in [0.717, 1.165) is 0 Å². The Kier molecular flexibility index (Phi) is 7.06. The standard InChI is InChI=1S/C12H26O7S/c1-11(2,7-13)9(15)5-19-20(17,18)6-10(16)12(3,4)8-14/h9-10,13-16H,5-8H2,1-4H3. The minimum atomic E-state index is -4.04. The highest BCUT2D eigenvalue weighted by molar-refractivity contribution is 7.86. The molecule has 0 aromatic carbocycles. The van der Waals surface area contributed by atoms with Gasteiger partial charge in [-0.15, -0.1) is 0 Å². The topological polar surface area (TPSA) is 124 Å². The van der Waals surface area contributed by atoms with E-state index in [4.69, 9.17) is 10.2 Å². The highest BCUT2D eigenvalue weighted by Crippen LogP contribution is 2.23. The van der Waals surface area contributed by atoms with Crippen molar-refractivity contribution in [3.8, 4) is 0 Å². The van der Waals surface area contributed by atoms with Crippen LogP contribution < -0.4 is 0 Å². The van der Waals surface area contributed by atoms with Crippen LogP contribution in [0.15, 0.2) is 0 Å². The Morgan fingerprint density at radius 2 is 1.35 bits per heavy atom. The highest BCUT2D eigenvalue weighted by atomic mass is 32.2. The maximum atomic E-state index is 11.7. The molecule has 0 aliphatic rings. The van der Waals surface area contributed by atoms with Gasteiger partial charge in [-0.1, -0.05) is 27.7 Å². The first-order valence-electron chi connectivity index (χ1n) is 6.33. The van der Waals surface area contributed by atoms with E-state index in [9.17, 15) is 18.6 Å². The van der Waals surface area contributed by atoms with Crippen LogP contribution >= 0.6 is 0 Å². The predicted octanol–water partition coefficient (Wildman–Crippen LogP) is -0.908. The number of aliphatic hydroxyl groups excluding tert-OH is 4. The van der Waals surface area contributed by atoms with Gasteiger partial charge < -0.3 is 20.4 Å². The molecule has 0 aromatic heterocycles. The summed E-state index contributed by atoms with van der Waals surface area (Å²) >= 11 is 0. The molecule has 2 atom stereocenters. The number of hydrogen-bond acceptors (Lipinski definition) is 7. The lowest BCUT2D eigenvalue weighted by Gasteiger charge is -2.29. The van der Waals surface area contributed by atoms with Crippen LogP contribution in [0.1, 0.15) is 27.7 Å². The fraction of sp³-hybridized carbons (Fsp3) is 1.00. The van der Waals surface area contributed by atoms with Crippen LogP contribution in [-0.4, -0.2) is 66.6 Å². The number of hydrogen-bond donors (Lipinski definition) is 4. The summed E-state index contributed by atoms with van der Waals surface area (Å²) in [6.45, 7) is 4.99. The molecule has 0 spiro atoms. The van der Waals surface area contributed by atoms with E-state index in [1.54, 1.807) is 13.8 Å². The Bertz CT molecular complexity index is 389. The van der Waals surface area contributed by atoms with Crippen LogP contribution in [-0.2, 0) is 14.3 Å². The van der Waals surface area contributed by atoms with Gasteiger partial charge in [0, 0.05) is 10.8 Å². The van der Waals surface area contributed by atoms with Gasteiger partial charge >= 0.3 is 0 Å². The molecule has 0 saturated heterocycles. The normalized spacial score (nSPS) is 17.0. The summed E-state index contributed by atoms with van der Waals surface area (Å²) in [4.78, 5) is 0. The van der Waals surface area contributed by atoms with Gasteiger partial charge in [0.05, 0.1) is 32.0 Å². The summed E-state index contributed by atoms with van der Waals surface area (Å²) in [5, 5.41) is 37.6. The van der Waals surface area contributed by atoms with Gasteiger partial charge in [0.1, 0.15) is 5.75 Å². The third-order valence-corrected chi connectivity index (χ3v) is 4.61. The second-order valence-corrected chi connectivity index (χ2v) is 8.02. The van der Waals surface area contributed by atoms with Crippen molar-refractivity contribution in [1.29, 1.82) is 0 Å². The van der Waals surface area contributed by atoms with E-state index in [0.29, 0.717) is 0 Å². The third-order valence-electron chi connectivity index (χ3n) is 3.39. The van der Waals surface area contributed by atoms with Gasteiger partial charge in [-0.2, -0.15) is 8.42 Å². The zero-order valence-corrected chi connectivity index (χ0v) is 13.2. The molecule has 7 nitrogen and oxygen atoms in total. The van der Waals surface area contributed by atoms with Crippen LogP contribution in [0.4, 0.5) is 0 Å². The van der Waals surface area contributed by atoms with Gasteiger partial charge in [-0.25, -0.2) is 0 Å². The van der Waals surface area contributed by atoms with Crippen LogP contribution in [0, 0.1) is 10.8 Å². The minimum Gasteiger partial charge on any atom is -0.396 e. The van der Waals surface area contributed by atoms with Crippen molar-refractivity contribution >= 4 is 10.1 Å². The van der Waals surface area contributed by atoms with Crippen LogP contribution in [0.5, 0.6) is 0 Å². The van der Waals surface area contributed by atoms with Crippen molar-refractivity contribution in [1.82, 2.24) is 0 Å². The van der Waals surface area contributed by atoms with Gasteiger partial charge in [-0.05, 0) is 0 Å². The molecule has 2 unspecified atom stereocenters. The molecule has 8 heteroatoms. The molecule has 0 aliphatic heterocycles. The summed E-state index contributed by atoms with van der Waals surface area (Å²) in [6.07, 6.45) is -2.45. The van der Waals surface area contributed by atoms with E-state index >= 15 is 0 Å². The van der Waals surface area contributed by atoms with E-state index in [1.165, 1.54) is 13.8 Å². The molecule has 0 saturated carbocycles. The fourth-order valence-corrected chi connectivity index (χ4v) is 2.34. The molecule has 0 heterocycles. The first-order chi connectivity index (χ1) is 8.88. The predicted molar refractivity (Wildman–Crippen MR) is 73.5 cm³/mol. The van der Waals surface area contributed by atoms with Crippen molar-refractivity contribution < 1.29 is 33.0 Å². The van der Waals surface area contributed by atoms with E-state index in [-0.39, 0.29) is 13.2 Å². The van der Waals surface area contributed by atoms with Crippen LogP contribution in [0.3, 0.4) is 0 Å². The SMILES string of the molecule is CC(C)(CO)C(O)COS(=O)(=O)CC(O)C(C)(C)CO. The summed E-state index contributed by atoms with van der Waals surface area (Å²) < 4.78 is 28.0. The molecule has 122 valence electrons. The summed E-state index contributed by atoms with van der Waals surface area (Å²) in [7, 11) is -4.04. The zero-order chi connectivity index (χ0) is 16.2. The average Bonchev–Trinajstić information content (AvgIpc) is 2.35. The van der Waals surface area contributed by atoms with Crippen molar-refractivity contribution in [3.63, 3.8) is 0 Å². The quantitative estimate of drug-likeness (QED) is 0.406. The summed E-state index contributed by atoms with van der Waals surface area (Å²) in [6, 6.07) is 0. The molecular formula is C12H26O7S. The maximum absolute atomic E-state index is 11.7. The molecule has 0 rings (SSSR count). The van der Waals surface area contributed by atoms with Gasteiger partial charge in [-0.3, -0.25) is 4.18 Å². The Morgan fingerprint density at radius 1 is 0.950 bits per heavy atom. The lowest BCUT2D eigenvalue weighted by Crippen LogP contribution is -2.40. The van der Waals surface area contributed by atoms with Gasteiger partial charge in [0.25, 0.3) is 10.1 Å². The van der Waals surface area contributed by atoms with E-state index in [1.807, 2.05) is 0 Å². The molecule has 0 bridgehead atoms. The lowest BCUT2D eigenvalue weighted by atomic mass is 9.88.